The molecule has 0 aliphatic carbocycles. The third-order valence-corrected chi connectivity index (χ3v) is 4.38. The molecule has 0 aromatic carbocycles. The van der Waals surface area contributed by atoms with Crippen LogP contribution in [0.1, 0.15) is 31.0 Å². The van der Waals surface area contributed by atoms with Gasteiger partial charge in [0.25, 0.3) is 5.82 Å². The summed E-state index contributed by atoms with van der Waals surface area (Å²) in [5, 5.41) is 3.03. The Bertz CT molecular complexity index is 502. The molecule has 0 saturated carbocycles. The van der Waals surface area contributed by atoms with Gasteiger partial charge in [0, 0.05) is 25.7 Å². The molecule has 2 fully saturated rings. The number of hydrogen-bond acceptors (Lipinski definition) is 6. The predicted octanol–water partition coefficient (Wildman–Crippen LogP) is 1.78. The Morgan fingerprint density at radius 3 is 2.61 bits per heavy atom. The van der Waals surface area contributed by atoms with Crippen LogP contribution in [-0.2, 0) is 17.5 Å². The summed E-state index contributed by atoms with van der Waals surface area (Å²) in [7, 11) is 0. The van der Waals surface area contributed by atoms with Gasteiger partial charge < -0.3 is 9.26 Å². The van der Waals surface area contributed by atoms with Crippen molar-refractivity contribution in [3.63, 3.8) is 0 Å². The maximum atomic E-state index is 12.5. The smallest absolute Gasteiger partial charge is 0.379 e. The van der Waals surface area contributed by atoms with E-state index in [-0.39, 0.29) is 12.4 Å². The number of hydrogen-bond donors (Lipinski definition) is 0. The molecule has 0 spiro atoms. The molecule has 1 unspecified atom stereocenters. The van der Waals surface area contributed by atoms with Crippen LogP contribution in [0.4, 0.5) is 13.2 Å². The minimum absolute atomic E-state index is 0.0335. The summed E-state index contributed by atoms with van der Waals surface area (Å²) in [5.74, 6) is -1.17. The van der Waals surface area contributed by atoms with E-state index in [4.69, 9.17) is 9.26 Å². The van der Waals surface area contributed by atoms with Crippen molar-refractivity contribution in [2.24, 2.45) is 0 Å². The van der Waals surface area contributed by atoms with Crippen LogP contribution < -0.4 is 0 Å². The van der Waals surface area contributed by atoms with Gasteiger partial charge in [0.05, 0.1) is 19.8 Å². The molecule has 6 nitrogen and oxygen atoms in total. The van der Waals surface area contributed by atoms with Crippen LogP contribution in [0.3, 0.4) is 0 Å². The highest BCUT2D eigenvalue weighted by atomic mass is 19.4. The average Bonchev–Trinajstić information content (AvgIpc) is 2.99. The zero-order valence-electron chi connectivity index (χ0n) is 12.9. The molecular formula is C14H21F3N4O2. The van der Waals surface area contributed by atoms with Gasteiger partial charge in [-0.3, -0.25) is 9.80 Å². The zero-order chi connectivity index (χ0) is 16.3. The van der Waals surface area contributed by atoms with E-state index < -0.39 is 12.0 Å². The van der Waals surface area contributed by atoms with Gasteiger partial charge in [-0.2, -0.15) is 18.2 Å². The Morgan fingerprint density at radius 1 is 1.13 bits per heavy atom. The molecule has 2 aliphatic heterocycles. The molecule has 0 bridgehead atoms. The van der Waals surface area contributed by atoms with Crippen molar-refractivity contribution in [1.82, 2.24) is 19.9 Å². The summed E-state index contributed by atoms with van der Waals surface area (Å²) in [6, 6.07) is 0.308. The monoisotopic (exact) mass is 334 g/mol. The van der Waals surface area contributed by atoms with Gasteiger partial charge in [-0.1, -0.05) is 11.6 Å². The number of halogens is 3. The lowest BCUT2D eigenvalue weighted by Gasteiger charge is -2.39. The minimum Gasteiger partial charge on any atom is -0.379 e. The number of morpholine rings is 1. The van der Waals surface area contributed by atoms with Crippen LogP contribution >= 0.6 is 0 Å². The van der Waals surface area contributed by atoms with Gasteiger partial charge in [-0.05, 0) is 19.4 Å². The number of alkyl halides is 3. The van der Waals surface area contributed by atoms with Crippen LogP contribution in [-0.4, -0.2) is 65.4 Å². The Hall–Kier alpha value is -1.19. The molecule has 2 saturated heterocycles. The molecule has 1 aromatic rings. The van der Waals surface area contributed by atoms with Crippen molar-refractivity contribution in [2.45, 2.75) is 38.0 Å². The minimum atomic E-state index is -4.56. The zero-order valence-corrected chi connectivity index (χ0v) is 12.9. The first kappa shape index (κ1) is 16.7. The fraction of sp³-hybridized carbons (Fsp3) is 0.857. The highest BCUT2D eigenvalue weighted by molar-refractivity contribution is 4.92. The highest BCUT2D eigenvalue weighted by Gasteiger charge is 2.37. The summed E-state index contributed by atoms with van der Waals surface area (Å²) < 4.78 is 47.8. The lowest BCUT2D eigenvalue weighted by atomic mass is 10.0. The lowest BCUT2D eigenvalue weighted by Crippen LogP contribution is -2.49. The second-order valence-corrected chi connectivity index (χ2v) is 6.04. The molecule has 23 heavy (non-hydrogen) atoms. The van der Waals surface area contributed by atoms with Gasteiger partial charge in [0.2, 0.25) is 5.89 Å². The molecule has 1 aromatic heterocycles. The normalized spacial score (nSPS) is 24.9. The summed E-state index contributed by atoms with van der Waals surface area (Å²) in [4.78, 5) is 7.99. The average molecular weight is 334 g/mol. The molecule has 3 rings (SSSR count). The standard InChI is InChI=1S/C14H21F3N4O2/c15-14(16,17)13-18-12(23-19-13)10-21-4-2-1-3-11(21)9-20-5-7-22-8-6-20/h11H,1-10H2. The van der Waals surface area contributed by atoms with Gasteiger partial charge in [0.1, 0.15) is 0 Å². The lowest BCUT2D eigenvalue weighted by molar-refractivity contribution is -0.146. The van der Waals surface area contributed by atoms with E-state index in [1.54, 1.807) is 0 Å². The summed E-state index contributed by atoms with van der Waals surface area (Å²) in [6.07, 6.45) is -1.34. The first-order chi connectivity index (χ1) is 11.0. The van der Waals surface area contributed by atoms with Gasteiger partial charge >= 0.3 is 6.18 Å². The number of aromatic nitrogens is 2. The number of ether oxygens (including phenoxy) is 1. The summed E-state index contributed by atoms with van der Waals surface area (Å²) in [6.45, 7) is 5.32. The van der Waals surface area contributed by atoms with Crippen LogP contribution in [0.15, 0.2) is 4.52 Å². The SMILES string of the molecule is FC(F)(F)c1noc(CN2CCCCC2CN2CCOCC2)n1. The van der Waals surface area contributed by atoms with E-state index in [0.29, 0.717) is 6.04 Å². The third kappa shape index (κ3) is 4.42. The highest BCUT2D eigenvalue weighted by Crippen LogP contribution is 2.27. The van der Waals surface area contributed by atoms with E-state index in [0.717, 1.165) is 58.7 Å². The van der Waals surface area contributed by atoms with E-state index in [1.807, 2.05) is 0 Å². The number of piperidine rings is 1. The van der Waals surface area contributed by atoms with Crippen LogP contribution in [0.5, 0.6) is 0 Å². The van der Waals surface area contributed by atoms with E-state index in [1.165, 1.54) is 0 Å². The van der Waals surface area contributed by atoms with Crippen LogP contribution in [0.25, 0.3) is 0 Å². The molecule has 2 aliphatic rings. The fourth-order valence-electron chi connectivity index (χ4n) is 3.16. The molecule has 3 heterocycles. The topological polar surface area (TPSA) is 54.6 Å². The quantitative estimate of drug-likeness (QED) is 0.837. The predicted molar refractivity (Wildman–Crippen MR) is 74.6 cm³/mol. The van der Waals surface area contributed by atoms with Gasteiger partial charge in [-0.25, -0.2) is 0 Å². The van der Waals surface area contributed by atoms with E-state index >= 15 is 0 Å². The molecule has 1 atom stereocenters. The number of rotatable bonds is 4. The first-order valence-corrected chi connectivity index (χ1v) is 7.96. The Morgan fingerprint density at radius 2 is 1.91 bits per heavy atom. The fourth-order valence-corrected chi connectivity index (χ4v) is 3.16. The van der Waals surface area contributed by atoms with Crippen molar-refractivity contribution >= 4 is 0 Å². The van der Waals surface area contributed by atoms with Gasteiger partial charge in [-0.15, -0.1) is 0 Å². The van der Waals surface area contributed by atoms with Crippen molar-refractivity contribution in [3.8, 4) is 0 Å². The Kier molecular flexibility index (Phi) is 5.17. The molecule has 9 heteroatoms. The maximum Gasteiger partial charge on any atom is 0.455 e. The van der Waals surface area contributed by atoms with Crippen molar-refractivity contribution in [1.29, 1.82) is 0 Å². The summed E-state index contributed by atoms with van der Waals surface area (Å²) in [5.41, 5.74) is 0. The largest absolute Gasteiger partial charge is 0.455 e. The van der Waals surface area contributed by atoms with E-state index in [9.17, 15) is 13.2 Å². The molecule has 130 valence electrons. The molecule has 0 amide bonds. The Labute approximate surface area is 132 Å². The maximum absolute atomic E-state index is 12.5. The van der Waals surface area contributed by atoms with Crippen molar-refractivity contribution in [2.75, 3.05) is 39.4 Å². The second kappa shape index (κ2) is 7.14. The van der Waals surface area contributed by atoms with Crippen LogP contribution in [0, 0.1) is 0 Å². The van der Waals surface area contributed by atoms with Crippen molar-refractivity contribution < 1.29 is 22.4 Å². The first-order valence-electron chi connectivity index (χ1n) is 7.96. The number of nitrogens with zero attached hydrogens (tertiary/aromatic N) is 4. The second-order valence-electron chi connectivity index (χ2n) is 6.04. The van der Waals surface area contributed by atoms with Gasteiger partial charge in [0.15, 0.2) is 0 Å². The molecular weight excluding hydrogens is 313 g/mol. The Balaban J connectivity index is 1.60. The van der Waals surface area contributed by atoms with Crippen molar-refractivity contribution in [3.05, 3.63) is 11.7 Å². The van der Waals surface area contributed by atoms with E-state index in [2.05, 4.69) is 19.9 Å². The summed E-state index contributed by atoms with van der Waals surface area (Å²) >= 11 is 0. The molecule has 0 N–H and O–H groups in total. The number of likely N-dealkylation sites (tertiary alicyclic amines) is 1. The van der Waals surface area contributed by atoms with Crippen LogP contribution in [0.2, 0.25) is 0 Å². The molecule has 0 radical (unpaired) electrons. The third-order valence-electron chi connectivity index (χ3n) is 4.38.